The number of amides is 2. The highest BCUT2D eigenvalue weighted by Gasteiger charge is 2.40. The molecular weight excluding hydrogens is 240 g/mol. The van der Waals surface area contributed by atoms with Gasteiger partial charge in [-0.2, -0.15) is 0 Å². The SMILES string of the molecule is CCC1C(=O)NC(C)C(=O)N1C(C)c1ccccc1. The first kappa shape index (κ1) is 13.6. The van der Waals surface area contributed by atoms with E-state index >= 15 is 0 Å². The van der Waals surface area contributed by atoms with Gasteiger partial charge in [-0.1, -0.05) is 37.3 Å². The van der Waals surface area contributed by atoms with Crippen LogP contribution >= 0.6 is 0 Å². The van der Waals surface area contributed by atoms with Gasteiger partial charge in [0.15, 0.2) is 0 Å². The highest BCUT2D eigenvalue weighted by Crippen LogP contribution is 2.26. The largest absolute Gasteiger partial charge is 0.343 e. The summed E-state index contributed by atoms with van der Waals surface area (Å²) < 4.78 is 0. The summed E-state index contributed by atoms with van der Waals surface area (Å²) in [6.45, 7) is 5.64. The first-order valence-corrected chi connectivity index (χ1v) is 6.73. The Morgan fingerprint density at radius 3 is 2.47 bits per heavy atom. The quantitative estimate of drug-likeness (QED) is 0.902. The zero-order chi connectivity index (χ0) is 14.0. The van der Waals surface area contributed by atoms with Crippen LogP contribution in [0.2, 0.25) is 0 Å². The van der Waals surface area contributed by atoms with Gasteiger partial charge in [0.2, 0.25) is 11.8 Å². The molecule has 0 saturated carbocycles. The standard InChI is InChI=1S/C15H20N2O2/c1-4-13-14(18)16-10(2)15(19)17(13)11(3)12-8-6-5-7-9-12/h5-11,13H,4H2,1-3H3,(H,16,18). The zero-order valence-corrected chi connectivity index (χ0v) is 11.6. The maximum Gasteiger partial charge on any atom is 0.246 e. The lowest BCUT2D eigenvalue weighted by Crippen LogP contribution is -2.62. The topological polar surface area (TPSA) is 49.4 Å². The minimum absolute atomic E-state index is 0.0113. The lowest BCUT2D eigenvalue weighted by atomic mass is 9.99. The van der Waals surface area contributed by atoms with Crippen LogP contribution in [-0.2, 0) is 9.59 Å². The second-order valence-electron chi connectivity index (χ2n) is 4.99. The number of nitrogens with zero attached hydrogens (tertiary/aromatic N) is 1. The molecule has 1 fully saturated rings. The van der Waals surface area contributed by atoms with Crippen LogP contribution in [0.1, 0.15) is 38.8 Å². The van der Waals surface area contributed by atoms with Crippen molar-refractivity contribution in [1.29, 1.82) is 0 Å². The van der Waals surface area contributed by atoms with Crippen LogP contribution in [0.5, 0.6) is 0 Å². The lowest BCUT2D eigenvalue weighted by Gasteiger charge is -2.41. The molecule has 1 N–H and O–H groups in total. The molecule has 1 saturated heterocycles. The Hall–Kier alpha value is -1.84. The Balaban J connectivity index is 2.33. The fourth-order valence-electron chi connectivity index (χ4n) is 2.61. The third-order valence-electron chi connectivity index (χ3n) is 3.71. The van der Waals surface area contributed by atoms with Crippen LogP contribution in [0.4, 0.5) is 0 Å². The van der Waals surface area contributed by atoms with Gasteiger partial charge in [-0.25, -0.2) is 0 Å². The average molecular weight is 260 g/mol. The molecule has 0 aromatic heterocycles. The van der Waals surface area contributed by atoms with Crippen molar-refractivity contribution in [3.8, 4) is 0 Å². The summed E-state index contributed by atoms with van der Waals surface area (Å²) in [4.78, 5) is 26.1. The van der Waals surface area contributed by atoms with Crippen LogP contribution in [0, 0.1) is 0 Å². The number of hydrogen-bond acceptors (Lipinski definition) is 2. The Morgan fingerprint density at radius 1 is 1.26 bits per heavy atom. The van der Waals surface area contributed by atoms with Crippen molar-refractivity contribution in [2.45, 2.75) is 45.3 Å². The van der Waals surface area contributed by atoms with Crippen molar-refractivity contribution in [2.24, 2.45) is 0 Å². The van der Waals surface area contributed by atoms with Gasteiger partial charge in [0, 0.05) is 0 Å². The maximum atomic E-state index is 12.4. The Morgan fingerprint density at radius 2 is 1.89 bits per heavy atom. The molecule has 2 rings (SSSR count). The third-order valence-corrected chi connectivity index (χ3v) is 3.71. The fraction of sp³-hybridized carbons (Fsp3) is 0.467. The molecular formula is C15H20N2O2. The summed E-state index contributed by atoms with van der Waals surface area (Å²) in [5.41, 5.74) is 1.05. The Kier molecular flexibility index (Phi) is 3.88. The van der Waals surface area contributed by atoms with Crippen LogP contribution in [-0.4, -0.2) is 28.8 Å². The molecule has 2 amide bonds. The van der Waals surface area contributed by atoms with Gasteiger partial charge in [-0.15, -0.1) is 0 Å². The number of nitrogens with one attached hydrogen (secondary N) is 1. The Bertz CT molecular complexity index is 472. The van der Waals surface area contributed by atoms with Crippen molar-refractivity contribution in [3.63, 3.8) is 0 Å². The van der Waals surface area contributed by atoms with Crippen LogP contribution in [0.3, 0.4) is 0 Å². The minimum atomic E-state index is -0.443. The molecule has 19 heavy (non-hydrogen) atoms. The molecule has 0 aliphatic carbocycles. The number of rotatable bonds is 3. The molecule has 1 aromatic rings. The predicted octanol–water partition coefficient (Wildman–Crippen LogP) is 1.87. The second kappa shape index (κ2) is 5.43. The van der Waals surface area contributed by atoms with Crippen molar-refractivity contribution in [2.75, 3.05) is 0 Å². The number of benzene rings is 1. The number of piperazine rings is 1. The lowest BCUT2D eigenvalue weighted by molar-refractivity contribution is -0.151. The normalized spacial score (nSPS) is 25.1. The molecule has 1 aliphatic rings. The summed E-state index contributed by atoms with van der Waals surface area (Å²) in [5, 5.41) is 2.74. The summed E-state index contributed by atoms with van der Waals surface area (Å²) in [6, 6.07) is 8.91. The van der Waals surface area contributed by atoms with E-state index in [2.05, 4.69) is 5.32 Å². The van der Waals surface area contributed by atoms with Gasteiger partial charge in [-0.05, 0) is 25.8 Å². The van der Waals surface area contributed by atoms with E-state index in [9.17, 15) is 9.59 Å². The fourth-order valence-corrected chi connectivity index (χ4v) is 2.61. The Labute approximate surface area is 113 Å². The molecule has 1 heterocycles. The van der Waals surface area contributed by atoms with Crippen LogP contribution in [0.25, 0.3) is 0 Å². The molecule has 4 heteroatoms. The molecule has 3 atom stereocenters. The zero-order valence-electron chi connectivity index (χ0n) is 11.6. The van der Waals surface area contributed by atoms with E-state index < -0.39 is 6.04 Å². The van der Waals surface area contributed by atoms with E-state index in [1.807, 2.05) is 44.2 Å². The summed E-state index contributed by atoms with van der Waals surface area (Å²) in [5.74, 6) is -0.0693. The highest BCUT2D eigenvalue weighted by atomic mass is 16.2. The molecule has 4 nitrogen and oxygen atoms in total. The molecule has 1 aliphatic heterocycles. The van der Waals surface area contributed by atoms with E-state index in [1.165, 1.54) is 0 Å². The van der Waals surface area contributed by atoms with Crippen LogP contribution < -0.4 is 5.32 Å². The molecule has 0 spiro atoms. The van der Waals surface area contributed by atoms with Crippen molar-refractivity contribution in [3.05, 3.63) is 35.9 Å². The third kappa shape index (κ3) is 2.48. The first-order valence-electron chi connectivity index (χ1n) is 6.73. The van der Waals surface area contributed by atoms with E-state index in [1.54, 1.807) is 11.8 Å². The smallest absolute Gasteiger partial charge is 0.246 e. The molecule has 3 unspecified atom stereocenters. The van der Waals surface area contributed by atoms with Gasteiger partial charge < -0.3 is 10.2 Å². The highest BCUT2D eigenvalue weighted by molar-refractivity contribution is 5.96. The van der Waals surface area contributed by atoms with Gasteiger partial charge in [0.1, 0.15) is 12.1 Å². The monoisotopic (exact) mass is 260 g/mol. The summed E-state index contributed by atoms with van der Waals surface area (Å²) in [6.07, 6.45) is 0.626. The number of hydrogen-bond donors (Lipinski definition) is 1. The van der Waals surface area contributed by atoms with E-state index in [4.69, 9.17) is 0 Å². The molecule has 1 aromatic carbocycles. The van der Waals surface area contributed by atoms with Gasteiger partial charge in [-0.3, -0.25) is 9.59 Å². The minimum Gasteiger partial charge on any atom is -0.343 e. The van der Waals surface area contributed by atoms with E-state index in [-0.39, 0.29) is 23.9 Å². The van der Waals surface area contributed by atoms with Crippen LogP contribution in [0.15, 0.2) is 30.3 Å². The van der Waals surface area contributed by atoms with Crippen molar-refractivity contribution in [1.82, 2.24) is 10.2 Å². The maximum absolute atomic E-state index is 12.4. The van der Waals surface area contributed by atoms with Gasteiger partial charge in [0.25, 0.3) is 0 Å². The van der Waals surface area contributed by atoms with Gasteiger partial charge in [0.05, 0.1) is 6.04 Å². The summed E-state index contributed by atoms with van der Waals surface area (Å²) >= 11 is 0. The summed E-state index contributed by atoms with van der Waals surface area (Å²) in [7, 11) is 0. The van der Waals surface area contributed by atoms with Crippen molar-refractivity contribution < 1.29 is 9.59 Å². The predicted molar refractivity (Wildman–Crippen MR) is 73.4 cm³/mol. The molecule has 0 bridgehead atoms. The molecule has 0 radical (unpaired) electrons. The van der Waals surface area contributed by atoms with E-state index in [0.29, 0.717) is 6.42 Å². The first-order chi connectivity index (χ1) is 9.06. The molecule has 102 valence electrons. The second-order valence-corrected chi connectivity index (χ2v) is 4.99. The average Bonchev–Trinajstić information content (AvgIpc) is 2.42. The van der Waals surface area contributed by atoms with E-state index in [0.717, 1.165) is 5.56 Å². The number of carbonyl (C=O) groups excluding carboxylic acids is 2. The number of carbonyl (C=O) groups is 2. The van der Waals surface area contributed by atoms with Gasteiger partial charge >= 0.3 is 0 Å². The van der Waals surface area contributed by atoms with Crippen molar-refractivity contribution >= 4 is 11.8 Å².